The van der Waals surface area contributed by atoms with Gasteiger partial charge in [0.25, 0.3) is 0 Å². The first kappa shape index (κ1) is 9.81. The van der Waals surface area contributed by atoms with Crippen molar-refractivity contribution in [3.05, 3.63) is 0 Å². The number of hydrogen-bond acceptors (Lipinski definition) is 3. The van der Waals surface area contributed by atoms with E-state index in [0.29, 0.717) is 5.92 Å². The zero-order valence-electron chi connectivity index (χ0n) is 8.16. The Kier molecular flexibility index (Phi) is 2.60. The molecule has 76 valence electrons. The molecule has 2 bridgehead atoms. The number of thiol groups is 1. The summed E-state index contributed by atoms with van der Waals surface area (Å²) in [6, 6.07) is 0. The van der Waals surface area contributed by atoms with Crippen molar-refractivity contribution in [1.29, 1.82) is 0 Å². The lowest BCUT2D eigenvalue weighted by Crippen LogP contribution is -2.52. The van der Waals surface area contributed by atoms with Gasteiger partial charge in [-0.15, -0.1) is 0 Å². The molecule has 13 heavy (non-hydrogen) atoms. The van der Waals surface area contributed by atoms with Gasteiger partial charge in [-0.3, -0.25) is 4.72 Å². The van der Waals surface area contributed by atoms with Gasteiger partial charge in [0.2, 0.25) is 0 Å². The SMILES string of the molecule is CC1CC2CC(O)CC(NS)(C1)C2. The molecule has 2 saturated carbocycles. The van der Waals surface area contributed by atoms with Crippen LogP contribution in [0.25, 0.3) is 0 Å². The van der Waals surface area contributed by atoms with Crippen molar-refractivity contribution in [3.63, 3.8) is 0 Å². The topological polar surface area (TPSA) is 32.3 Å². The Morgan fingerprint density at radius 2 is 2.08 bits per heavy atom. The highest BCUT2D eigenvalue weighted by atomic mass is 32.1. The molecule has 0 radical (unpaired) electrons. The summed E-state index contributed by atoms with van der Waals surface area (Å²) in [6.07, 6.45) is 5.45. The van der Waals surface area contributed by atoms with Crippen molar-refractivity contribution in [3.8, 4) is 0 Å². The number of aliphatic hydroxyl groups is 1. The van der Waals surface area contributed by atoms with Crippen LogP contribution in [0.1, 0.15) is 39.0 Å². The Balaban J connectivity index is 2.13. The molecule has 0 aromatic carbocycles. The van der Waals surface area contributed by atoms with Gasteiger partial charge in [-0.1, -0.05) is 19.7 Å². The summed E-state index contributed by atoms with van der Waals surface area (Å²) in [6.45, 7) is 2.31. The summed E-state index contributed by atoms with van der Waals surface area (Å²) in [5.74, 6) is 1.50. The van der Waals surface area contributed by atoms with Gasteiger partial charge in [-0.25, -0.2) is 0 Å². The van der Waals surface area contributed by atoms with Crippen LogP contribution in [0.5, 0.6) is 0 Å². The second-order valence-electron chi connectivity index (χ2n) is 5.10. The average Bonchev–Trinajstić information content (AvgIpc) is 2.01. The lowest BCUT2D eigenvalue weighted by atomic mass is 9.63. The molecular weight excluding hydrogens is 182 g/mol. The van der Waals surface area contributed by atoms with Crippen molar-refractivity contribution in [1.82, 2.24) is 4.72 Å². The monoisotopic (exact) mass is 201 g/mol. The molecule has 0 heterocycles. The molecule has 0 spiro atoms. The predicted molar refractivity (Wildman–Crippen MR) is 56.6 cm³/mol. The van der Waals surface area contributed by atoms with Crippen LogP contribution in [-0.2, 0) is 0 Å². The van der Waals surface area contributed by atoms with E-state index in [0.717, 1.165) is 18.8 Å². The van der Waals surface area contributed by atoms with Gasteiger partial charge in [-0.2, -0.15) is 0 Å². The zero-order chi connectivity index (χ0) is 9.47. The van der Waals surface area contributed by atoms with E-state index in [1.807, 2.05) is 0 Å². The second kappa shape index (κ2) is 3.44. The van der Waals surface area contributed by atoms with Gasteiger partial charge in [0.1, 0.15) is 0 Å². The summed E-state index contributed by atoms with van der Waals surface area (Å²) < 4.78 is 3.14. The molecule has 2 aliphatic rings. The summed E-state index contributed by atoms with van der Waals surface area (Å²) >= 11 is 4.22. The van der Waals surface area contributed by atoms with Gasteiger partial charge < -0.3 is 5.11 Å². The van der Waals surface area contributed by atoms with E-state index in [-0.39, 0.29) is 11.6 Å². The maximum atomic E-state index is 9.72. The Morgan fingerprint density at radius 3 is 2.77 bits per heavy atom. The Hall–Kier alpha value is 0.270. The van der Waals surface area contributed by atoms with Crippen LogP contribution in [0, 0.1) is 11.8 Å². The number of fused-ring (bicyclic) bond motifs is 2. The number of rotatable bonds is 1. The van der Waals surface area contributed by atoms with Gasteiger partial charge >= 0.3 is 0 Å². The highest BCUT2D eigenvalue weighted by molar-refractivity contribution is 7.78. The van der Waals surface area contributed by atoms with Crippen molar-refractivity contribution in [2.45, 2.75) is 50.7 Å². The molecule has 0 aromatic heterocycles. The summed E-state index contributed by atoms with van der Waals surface area (Å²) in [5, 5.41) is 9.72. The summed E-state index contributed by atoms with van der Waals surface area (Å²) in [5.41, 5.74) is 0.128. The summed E-state index contributed by atoms with van der Waals surface area (Å²) in [7, 11) is 0. The zero-order valence-corrected chi connectivity index (χ0v) is 9.06. The minimum atomic E-state index is -0.106. The van der Waals surface area contributed by atoms with Gasteiger partial charge in [0.05, 0.1) is 6.10 Å². The molecular formula is C10H19NOS. The van der Waals surface area contributed by atoms with Gasteiger partial charge in [-0.05, 0) is 43.9 Å². The van der Waals surface area contributed by atoms with Crippen LogP contribution in [0.4, 0.5) is 0 Å². The molecule has 3 heteroatoms. The third-order valence-electron chi connectivity index (χ3n) is 3.62. The molecule has 2 N–H and O–H groups in total. The standard InChI is InChI=1S/C10H19NOS/c1-7-2-8-3-9(12)6-10(4-7,5-8)11-13/h7-9,11-13H,2-6H2,1H3. The first-order valence-corrected chi connectivity index (χ1v) is 5.67. The Bertz CT molecular complexity index is 178. The molecule has 2 aliphatic carbocycles. The lowest BCUT2D eigenvalue weighted by molar-refractivity contribution is 0.00838. The van der Waals surface area contributed by atoms with E-state index in [1.54, 1.807) is 0 Å². The predicted octanol–water partition coefficient (Wildman–Crippen LogP) is 1.75. The molecule has 0 aromatic rings. The minimum Gasteiger partial charge on any atom is -0.393 e. The third kappa shape index (κ3) is 1.88. The van der Waals surface area contributed by atoms with Crippen LogP contribution in [0.15, 0.2) is 0 Å². The van der Waals surface area contributed by atoms with Crippen molar-refractivity contribution in [2.75, 3.05) is 0 Å². The Labute approximate surface area is 85.6 Å². The molecule has 2 nitrogen and oxygen atoms in total. The van der Waals surface area contributed by atoms with Crippen LogP contribution in [0.3, 0.4) is 0 Å². The molecule has 2 rings (SSSR count). The molecule has 0 aliphatic heterocycles. The first-order valence-electron chi connectivity index (χ1n) is 5.23. The number of nitrogens with one attached hydrogen (secondary N) is 1. The van der Waals surface area contributed by atoms with E-state index in [4.69, 9.17) is 0 Å². The second-order valence-corrected chi connectivity index (χ2v) is 5.32. The quantitative estimate of drug-likeness (QED) is 0.565. The van der Waals surface area contributed by atoms with Crippen molar-refractivity contribution < 1.29 is 5.11 Å². The smallest absolute Gasteiger partial charge is 0.0560 e. The van der Waals surface area contributed by atoms with E-state index in [9.17, 15) is 5.11 Å². The highest BCUT2D eigenvalue weighted by Gasteiger charge is 2.44. The van der Waals surface area contributed by atoms with E-state index in [2.05, 4.69) is 24.5 Å². The van der Waals surface area contributed by atoms with Gasteiger partial charge in [0.15, 0.2) is 0 Å². The highest BCUT2D eigenvalue weighted by Crippen LogP contribution is 2.45. The normalized spacial score (nSPS) is 50.5. The molecule has 2 fully saturated rings. The van der Waals surface area contributed by atoms with Gasteiger partial charge in [0, 0.05) is 5.54 Å². The fraction of sp³-hybridized carbons (Fsp3) is 1.00. The molecule has 0 saturated heterocycles. The lowest BCUT2D eigenvalue weighted by Gasteiger charge is -2.48. The van der Waals surface area contributed by atoms with E-state index in [1.165, 1.54) is 19.3 Å². The van der Waals surface area contributed by atoms with Crippen molar-refractivity contribution >= 4 is 12.8 Å². The maximum absolute atomic E-state index is 9.72. The van der Waals surface area contributed by atoms with Crippen LogP contribution >= 0.6 is 12.8 Å². The first-order chi connectivity index (χ1) is 6.13. The fourth-order valence-electron chi connectivity index (χ4n) is 3.44. The fourth-order valence-corrected chi connectivity index (χ4v) is 3.71. The Morgan fingerprint density at radius 1 is 1.31 bits per heavy atom. The minimum absolute atomic E-state index is 0.106. The molecule has 0 amide bonds. The average molecular weight is 201 g/mol. The summed E-state index contributed by atoms with van der Waals surface area (Å²) in [4.78, 5) is 0. The maximum Gasteiger partial charge on any atom is 0.0560 e. The molecule has 4 atom stereocenters. The number of hydrogen-bond donors (Lipinski definition) is 3. The van der Waals surface area contributed by atoms with Crippen LogP contribution in [-0.4, -0.2) is 16.7 Å². The van der Waals surface area contributed by atoms with Crippen LogP contribution in [0.2, 0.25) is 0 Å². The van der Waals surface area contributed by atoms with Crippen LogP contribution < -0.4 is 4.72 Å². The van der Waals surface area contributed by atoms with E-state index >= 15 is 0 Å². The largest absolute Gasteiger partial charge is 0.393 e. The van der Waals surface area contributed by atoms with Crippen molar-refractivity contribution in [2.24, 2.45) is 11.8 Å². The third-order valence-corrected chi connectivity index (χ3v) is 4.10. The number of aliphatic hydroxyl groups excluding tert-OH is 1. The molecule has 4 unspecified atom stereocenters. The van der Waals surface area contributed by atoms with E-state index < -0.39 is 0 Å².